The van der Waals surface area contributed by atoms with E-state index in [-0.39, 0.29) is 11.9 Å². The number of nitrogens with zero attached hydrogens (tertiary/aromatic N) is 1. The van der Waals surface area contributed by atoms with Gasteiger partial charge in [-0.25, -0.2) is 4.98 Å². The van der Waals surface area contributed by atoms with Gasteiger partial charge in [-0.05, 0) is 43.0 Å². The number of nitrogens with one attached hydrogen (secondary N) is 1. The highest BCUT2D eigenvalue weighted by Gasteiger charge is 2.14. The smallest absolute Gasteiger partial charge is 0.254 e. The summed E-state index contributed by atoms with van der Waals surface area (Å²) in [6.45, 7) is 1.94. The third kappa shape index (κ3) is 3.52. The predicted molar refractivity (Wildman–Crippen MR) is 83.4 cm³/mol. The number of rotatable bonds is 4. The zero-order valence-electron chi connectivity index (χ0n) is 11.3. The van der Waals surface area contributed by atoms with Gasteiger partial charge in [0.1, 0.15) is 5.03 Å². The summed E-state index contributed by atoms with van der Waals surface area (Å²) in [5.74, 6) is -0.120. The second-order valence-electron chi connectivity index (χ2n) is 4.31. The molecule has 2 aromatic rings. The minimum atomic E-state index is -0.120. The van der Waals surface area contributed by atoms with Crippen molar-refractivity contribution in [3.8, 4) is 0 Å². The summed E-state index contributed by atoms with van der Waals surface area (Å²) < 4.78 is 0. The van der Waals surface area contributed by atoms with Crippen LogP contribution in [0.25, 0.3) is 0 Å². The summed E-state index contributed by atoms with van der Waals surface area (Å²) in [4.78, 5) is 16.5. The maximum Gasteiger partial charge on any atom is 0.254 e. The summed E-state index contributed by atoms with van der Waals surface area (Å²) in [6, 6.07) is 10.9. The van der Waals surface area contributed by atoms with Crippen molar-refractivity contribution in [2.75, 3.05) is 6.26 Å². The van der Waals surface area contributed by atoms with E-state index in [1.165, 1.54) is 11.8 Å². The molecule has 0 saturated heterocycles. The van der Waals surface area contributed by atoms with Gasteiger partial charge in [-0.2, -0.15) is 0 Å². The van der Waals surface area contributed by atoms with Crippen molar-refractivity contribution in [1.82, 2.24) is 10.3 Å². The van der Waals surface area contributed by atoms with Crippen LogP contribution in [-0.2, 0) is 0 Å². The largest absolute Gasteiger partial charge is 0.345 e. The van der Waals surface area contributed by atoms with Gasteiger partial charge in [0.05, 0.1) is 11.6 Å². The zero-order chi connectivity index (χ0) is 14.5. The van der Waals surface area contributed by atoms with Gasteiger partial charge in [0.2, 0.25) is 0 Å². The number of amides is 1. The first kappa shape index (κ1) is 14.9. The Morgan fingerprint density at radius 3 is 2.65 bits per heavy atom. The van der Waals surface area contributed by atoms with E-state index in [0.29, 0.717) is 10.6 Å². The Morgan fingerprint density at radius 2 is 2.00 bits per heavy atom. The van der Waals surface area contributed by atoms with Crippen molar-refractivity contribution in [2.45, 2.75) is 18.0 Å². The maximum atomic E-state index is 12.3. The monoisotopic (exact) mass is 306 g/mol. The fourth-order valence-electron chi connectivity index (χ4n) is 1.84. The van der Waals surface area contributed by atoms with E-state index in [4.69, 9.17) is 11.6 Å². The molecule has 5 heteroatoms. The lowest BCUT2D eigenvalue weighted by Crippen LogP contribution is -2.27. The second-order valence-corrected chi connectivity index (χ2v) is 5.54. The van der Waals surface area contributed by atoms with E-state index in [1.807, 2.05) is 37.4 Å². The van der Waals surface area contributed by atoms with Crippen LogP contribution < -0.4 is 5.32 Å². The molecule has 1 heterocycles. The van der Waals surface area contributed by atoms with Crippen LogP contribution in [0.3, 0.4) is 0 Å². The molecule has 0 spiro atoms. The van der Waals surface area contributed by atoms with Crippen molar-refractivity contribution in [3.63, 3.8) is 0 Å². The fourth-order valence-corrected chi connectivity index (χ4v) is 2.51. The average molecular weight is 307 g/mol. The number of pyridine rings is 1. The first-order valence-electron chi connectivity index (χ1n) is 6.17. The molecule has 1 aromatic carbocycles. The predicted octanol–water partition coefficient (Wildman–Crippen LogP) is 3.95. The van der Waals surface area contributed by atoms with Crippen LogP contribution in [0.5, 0.6) is 0 Å². The van der Waals surface area contributed by atoms with Crippen LogP contribution in [0.2, 0.25) is 5.02 Å². The summed E-state index contributed by atoms with van der Waals surface area (Å²) in [7, 11) is 0. The van der Waals surface area contributed by atoms with Crippen LogP contribution in [0.15, 0.2) is 47.6 Å². The number of hydrogen-bond acceptors (Lipinski definition) is 3. The van der Waals surface area contributed by atoms with Gasteiger partial charge in [0.25, 0.3) is 5.91 Å². The number of carbonyl (C=O) groups excluding carboxylic acids is 1. The van der Waals surface area contributed by atoms with Crippen LogP contribution >= 0.6 is 23.4 Å². The van der Waals surface area contributed by atoms with E-state index in [1.54, 1.807) is 18.3 Å². The molecule has 2 rings (SSSR count). The molecule has 0 aliphatic carbocycles. The third-order valence-corrected chi connectivity index (χ3v) is 3.89. The molecule has 0 aliphatic rings. The average Bonchev–Trinajstić information content (AvgIpc) is 2.47. The molecule has 0 unspecified atom stereocenters. The molecule has 0 saturated carbocycles. The minimum Gasteiger partial charge on any atom is -0.345 e. The molecule has 0 fully saturated rings. The van der Waals surface area contributed by atoms with Gasteiger partial charge >= 0.3 is 0 Å². The van der Waals surface area contributed by atoms with E-state index in [9.17, 15) is 4.79 Å². The molecule has 0 aliphatic heterocycles. The number of carbonyl (C=O) groups is 1. The molecule has 1 atom stereocenters. The lowest BCUT2D eigenvalue weighted by atomic mass is 10.1. The van der Waals surface area contributed by atoms with Crippen molar-refractivity contribution in [1.29, 1.82) is 0 Å². The van der Waals surface area contributed by atoms with Crippen LogP contribution in [0.1, 0.15) is 28.9 Å². The van der Waals surface area contributed by atoms with Gasteiger partial charge in [0, 0.05) is 11.2 Å². The van der Waals surface area contributed by atoms with Crippen LogP contribution in [-0.4, -0.2) is 17.1 Å². The Kier molecular flexibility index (Phi) is 5.04. The second kappa shape index (κ2) is 6.77. The minimum absolute atomic E-state index is 0.0883. The molecule has 20 heavy (non-hydrogen) atoms. The third-order valence-electron chi connectivity index (χ3n) is 2.93. The Labute approximate surface area is 127 Å². The molecule has 1 aromatic heterocycles. The van der Waals surface area contributed by atoms with Crippen LogP contribution in [0.4, 0.5) is 0 Å². The van der Waals surface area contributed by atoms with Crippen molar-refractivity contribution in [2.24, 2.45) is 0 Å². The highest BCUT2D eigenvalue weighted by atomic mass is 35.5. The number of benzene rings is 1. The normalized spacial score (nSPS) is 11.9. The lowest BCUT2D eigenvalue weighted by molar-refractivity contribution is 0.0936. The summed E-state index contributed by atoms with van der Waals surface area (Å²) in [5.41, 5.74) is 1.61. The first-order valence-corrected chi connectivity index (χ1v) is 7.77. The Hall–Kier alpha value is -1.52. The van der Waals surface area contributed by atoms with E-state index in [0.717, 1.165) is 10.6 Å². The van der Waals surface area contributed by atoms with E-state index >= 15 is 0 Å². The Morgan fingerprint density at radius 1 is 1.30 bits per heavy atom. The molecule has 104 valence electrons. The van der Waals surface area contributed by atoms with Gasteiger partial charge in [-0.1, -0.05) is 23.7 Å². The summed E-state index contributed by atoms with van der Waals surface area (Å²) in [6.07, 6.45) is 3.59. The van der Waals surface area contributed by atoms with Gasteiger partial charge in [0.15, 0.2) is 0 Å². The summed E-state index contributed by atoms with van der Waals surface area (Å²) >= 11 is 7.32. The molecule has 3 nitrogen and oxygen atoms in total. The molecule has 1 amide bonds. The van der Waals surface area contributed by atoms with Crippen LogP contribution in [0, 0.1) is 0 Å². The zero-order valence-corrected chi connectivity index (χ0v) is 12.8. The quantitative estimate of drug-likeness (QED) is 0.870. The van der Waals surface area contributed by atoms with Gasteiger partial charge < -0.3 is 5.32 Å². The molecule has 1 N–H and O–H groups in total. The standard InChI is InChI=1S/C15H15ClN2OS/c1-10(11-5-7-12(16)8-6-11)18-14(19)13-4-3-9-17-15(13)20-2/h3-10H,1-2H3,(H,18,19)/t10-/m0/s1. The van der Waals surface area contributed by atoms with Gasteiger partial charge in [-0.15, -0.1) is 11.8 Å². The Bertz CT molecular complexity index is 601. The highest BCUT2D eigenvalue weighted by Crippen LogP contribution is 2.19. The van der Waals surface area contributed by atoms with E-state index in [2.05, 4.69) is 10.3 Å². The number of aromatic nitrogens is 1. The Balaban J connectivity index is 2.13. The number of thioether (sulfide) groups is 1. The van der Waals surface area contributed by atoms with Crippen molar-refractivity contribution >= 4 is 29.3 Å². The SMILES string of the molecule is CSc1ncccc1C(=O)N[C@@H](C)c1ccc(Cl)cc1. The van der Waals surface area contributed by atoms with E-state index < -0.39 is 0 Å². The molecule has 0 radical (unpaired) electrons. The number of hydrogen-bond donors (Lipinski definition) is 1. The topological polar surface area (TPSA) is 42.0 Å². The first-order chi connectivity index (χ1) is 9.61. The van der Waals surface area contributed by atoms with Gasteiger partial charge in [-0.3, -0.25) is 4.79 Å². The van der Waals surface area contributed by atoms with Crippen molar-refractivity contribution in [3.05, 3.63) is 58.7 Å². The highest BCUT2D eigenvalue weighted by molar-refractivity contribution is 7.98. The lowest BCUT2D eigenvalue weighted by Gasteiger charge is -2.15. The summed E-state index contributed by atoms with van der Waals surface area (Å²) in [5, 5.41) is 4.39. The molecule has 0 bridgehead atoms. The fraction of sp³-hybridized carbons (Fsp3) is 0.200. The maximum absolute atomic E-state index is 12.3. The molecular weight excluding hydrogens is 292 g/mol. The van der Waals surface area contributed by atoms with Crippen molar-refractivity contribution < 1.29 is 4.79 Å². The number of halogens is 1. The molecular formula is C15H15ClN2OS.